The van der Waals surface area contributed by atoms with Crippen LogP contribution in [0.4, 0.5) is 11.4 Å². The molecule has 0 radical (unpaired) electrons. The lowest BCUT2D eigenvalue weighted by molar-refractivity contribution is -0.122. The number of morpholine rings is 1. The third-order valence-corrected chi connectivity index (χ3v) is 6.57. The summed E-state index contributed by atoms with van der Waals surface area (Å²) >= 11 is 0. The molecule has 12 nitrogen and oxygen atoms in total. The lowest BCUT2D eigenvalue weighted by atomic mass is 10.0. The van der Waals surface area contributed by atoms with Crippen LogP contribution in [0, 0.1) is 0 Å². The maximum atomic E-state index is 13.6. The molecular formula is C29H33N7O5. The number of carbonyl (C=O) groups is 2. The van der Waals surface area contributed by atoms with Gasteiger partial charge in [0.1, 0.15) is 11.9 Å². The molecule has 5 N–H and O–H groups in total. The fourth-order valence-electron chi connectivity index (χ4n) is 4.54. The van der Waals surface area contributed by atoms with Crippen molar-refractivity contribution in [3.05, 3.63) is 77.6 Å². The second-order valence-electron chi connectivity index (χ2n) is 9.78. The Hall–Kier alpha value is -4.84. The summed E-state index contributed by atoms with van der Waals surface area (Å²) < 4.78 is 17.2. The maximum Gasteiger partial charge on any atom is 0.273 e. The summed E-state index contributed by atoms with van der Waals surface area (Å²) in [6.45, 7) is 6.22. The molecule has 0 saturated carbocycles. The average molecular weight is 560 g/mol. The van der Waals surface area contributed by atoms with Crippen LogP contribution in [0.3, 0.4) is 0 Å². The molecule has 1 atom stereocenters. The zero-order chi connectivity index (χ0) is 28.8. The number of hydrogen-bond acceptors (Lipinski definition) is 10. The number of benzene rings is 2. The average Bonchev–Trinajstić information content (AvgIpc) is 3.00. The molecular weight excluding hydrogens is 526 g/mol. The smallest absolute Gasteiger partial charge is 0.273 e. The van der Waals surface area contributed by atoms with Gasteiger partial charge in [-0.2, -0.15) is 0 Å². The predicted octanol–water partition coefficient (Wildman–Crippen LogP) is 2.38. The molecule has 3 aromatic rings. The number of fused-ring (bicyclic) bond motifs is 5. The van der Waals surface area contributed by atoms with Gasteiger partial charge < -0.3 is 30.2 Å². The minimum Gasteiger partial charge on any atom is -0.487 e. The van der Waals surface area contributed by atoms with E-state index < -0.39 is 17.9 Å². The second-order valence-corrected chi connectivity index (χ2v) is 9.78. The fourth-order valence-corrected chi connectivity index (χ4v) is 4.54. The minimum atomic E-state index is -0.900. The van der Waals surface area contributed by atoms with Gasteiger partial charge in [0.2, 0.25) is 0 Å². The summed E-state index contributed by atoms with van der Waals surface area (Å²) in [4.78, 5) is 37.3. The van der Waals surface area contributed by atoms with E-state index in [1.807, 2.05) is 13.8 Å². The van der Waals surface area contributed by atoms with Crippen molar-refractivity contribution in [2.24, 2.45) is 10.7 Å². The number of hydrazine groups is 1. The standard InChI is InChI=1S/C29H33N7O5/c1-18(2)41-24-8-5-20-15-25(24)40-17-32-27(30)19-3-6-21(7-4-19)33-26(20)29(38)35-34-28(37)22-16-31-10-9-23(22)36-11-13-39-14-12-36/h3-10,15-16,18,26,33H,11-14,17H2,1-2H3,(H2,30,32)(H,34,37)(H,35,38). The maximum absolute atomic E-state index is 13.6. The predicted molar refractivity (Wildman–Crippen MR) is 154 cm³/mol. The topological polar surface area (TPSA) is 152 Å². The van der Waals surface area contributed by atoms with Crippen molar-refractivity contribution >= 4 is 29.0 Å². The highest BCUT2D eigenvalue weighted by molar-refractivity contribution is 6.01. The first-order valence-electron chi connectivity index (χ1n) is 13.4. The number of nitrogens with one attached hydrogen (secondary N) is 3. The number of aliphatic imine (C=N–C) groups is 1. The Balaban J connectivity index is 1.40. The molecule has 12 heteroatoms. The lowest BCUT2D eigenvalue weighted by Gasteiger charge is -2.30. The van der Waals surface area contributed by atoms with Gasteiger partial charge in [-0.05, 0) is 61.9 Å². The molecule has 1 aromatic heterocycles. The zero-order valence-corrected chi connectivity index (χ0v) is 22.9. The molecule has 41 heavy (non-hydrogen) atoms. The number of amides is 2. The molecule has 0 spiro atoms. The van der Waals surface area contributed by atoms with Gasteiger partial charge in [0, 0.05) is 36.7 Å². The van der Waals surface area contributed by atoms with Crippen LogP contribution < -0.4 is 36.3 Å². The van der Waals surface area contributed by atoms with Crippen molar-refractivity contribution in [1.29, 1.82) is 0 Å². The number of aromatic nitrogens is 1. The van der Waals surface area contributed by atoms with Gasteiger partial charge in [-0.3, -0.25) is 25.4 Å². The monoisotopic (exact) mass is 559 g/mol. The summed E-state index contributed by atoms with van der Waals surface area (Å²) in [6, 6.07) is 13.3. The first-order chi connectivity index (χ1) is 19.9. The summed E-state index contributed by atoms with van der Waals surface area (Å²) in [5.74, 6) is 0.255. The largest absolute Gasteiger partial charge is 0.487 e. The van der Waals surface area contributed by atoms with E-state index in [0.29, 0.717) is 66.0 Å². The molecule has 214 valence electrons. The molecule has 2 amide bonds. The highest BCUT2D eigenvalue weighted by Crippen LogP contribution is 2.33. The number of ether oxygens (including phenoxy) is 3. The van der Waals surface area contributed by atoms with Crippen LogP contribution >= 0.6 is 0 Å². The molecule has 3 aliphatic heterocycles. The van der Waals surface area contributed by atoms with Crippen molar-refractivity contribution in [2.75, 3.05) is 43.3 Å². The molecule has 0 aliphatic carbocycles. The molecule has 2 aromatic carbocycles. The van der Waals surface area contributed by atoms with Crippen LogP contribution in [-0.2, 0) is 9.53 Å². The van der Waals surface area contributed by atoms with Crippen molar-refractivity contribution in [3.8, 4) is 11.5 Å². The summed E-state index contributed by atoms with van der Waals surface area (Å²) in [6.07, 6.45) is 3.01. The quantitative estimate of drug-likeness (QED) is 0.345. The normalized spacial score (nSPS) is 18.0. The highest BCUT2D eigenvalue weighted by Gasteiger charge is 2.25. The van der Waals surface area contributed by atoms with Crippen LogP contribution in [0.15, 0.2) is 65.9 Å². The Morgan fingerprint density at radius 1 is 1.10 bits per heavy atom. The SMILES string of the molecule is CC(C)Oc1ccc2cc1OC/N=C(/N)c1ccc(cc1)NC2C(=O)NNC(=O)c1cnccc1N1CCOCC1. The molecule has 1 unspecified atom stereocenters. The van der Waals surface area contributed by atoms with Gasteiger partial charge in [0.15, 0.2) is 18.2 Å². The number of anilines is 2. The Kier molecular flexibility index (Phi) is 8.49. The number of nitrogens with two attached hydrogens (primary N) is 1. The Morgan fingerprint density at radius 3 is 2.63 bits per heavy atom. The van der Waals surface area contributed by atoms with E-state index in [1.165, 1.54) is 6.20 Å². The van der Waals surface area contributed by atoms with Crippen molar-refractivity contribution < 1.29 is 23.8 Å². The molecule has 6 rings (SSSR count). The van der Waals surface area contributed by atoms with E-state index in [0.717, 1.165) is 5.69 Å². The van der Waals surface area contributed by atoms with Crippen LogP contribution in [0.25, 0.3) is 0 Å². The summed E-state index contributed by atoms with van der Waals surface area (Å²) in [7, 11) is 0. The number of amidine groups is 1. The lowest BCUT2D eigenvalue weighted by Crippen LogP contribution is -2.46. The number of pyridine rings is 1. The first-order valence-corrected chi connectivity index (χ1v) is 13.4. The molecule has 4 heterocycles. The third kappa shape index (κ3) is 6.67. The molecule has 3 aliphatic rings. The Labute approximate surface area is 237 Å². The number of hydrogen-bond donors (Lipinski definition) is 4. The van der Waals surface area contributed by atoms with Crippen LogP contribution in [0.1, 0.15) is 41.4 Å². The molecule has 4 bridgehead atoms. The highest BCUT2D eigenvalue weighted by atomic mass is 16.5. The van der Waals surface area contributed by atoms with E-state index in [1.54, 1.807) is 54.7 Å². The Bertz CT molecular complexity index is 1420. The van der Waals surface area contributed by atoms with Gasteiger partial charge in [-0.25, -0.2) is 4.99 Å². The van der Waals surface area contributed by atoms with Crippen LogP contribution in [0.5, 0.6) is 11.5 Å². The minimum absolute atomic E-state index is 0.0393. The first kappa shape index (κ1) is 27.7. The Morgan fingerprint density at radius 2 is 1.88 bits per heavy atom. The van der Waals surface area contributed by atoms with Gasteiger partial charge in [-0.1, -0.05) is 6.07 Å². The van der Waals surface area contributed by atoms with E-state index in [4.69, 9.17) is 19.9 Å². The molecule has 1 fully saturated rings. The number of carbonyl (C=O) groups excluding carboxylic acids is 2. The summed E-state index contributed by atoms with van der Waals surface area (Å²) in [5.41, 5.74) is 14.3. The fraction of sp³-hybridized carbons (Fsp3) is 0.310. The van der Waals surface area contributed by atoms with Crippen molar-refractivity contribution in [3.63, 3.8) is 0 Å². The van der Waals surface area contributed by atoms with Gasteiger partial charge in [0.25, 0.3) is 11.8 Å². The van der Waals surface area contributed by atoms with Crippen LogP contribution in [0.2, 0.25) is 0 Å². The van der Waals surface area contributed by atoms with E-state index >= 15 is 0 Å². The number of rotatable bonds is 5. The number of nitrogens with zero attached hydrogens (tertiary/aromatic N) is 3. The zero-order valence-electron chi connectivity index (χ0n) is 22.9. The van der Waals surface area contributed by atoms with E-state index in [9.17, 15) is 9.59 Å². The van der Waals surface area contributed by atoms with Crippen molar-refractivity contribution in [2.45, 2.75) is 26.0 Å². The van der Waals surface area contributed by atoms with Crippen LogP contribution in [-0.4, -0.2) is 61.8 Å². The van der Waals surface area contributed by atoms with Gasteiger partial charge in [0.05, 0.1) is 30.6 Å². The van der Waals surface area contributed by atoms with E-state index in [-0.39, 0.29) is 12.8 Å². The molecule has 1 saturated heterocycles. The summed E-state index contributed by atoms with van der Waals surface area (Å²) in [5, 5.41) is 3.24. The van der Waals surface area contributed by atoms with Gasteiger partial charge >= 0.3 is 0 Å². The third-order valence-electron chi connectivity index (χ3n) is 6.57. The van der Waals surface area contributed by atoms with E-state index in [2.05, 4.69) is 31.0 Å². The second kappa shape index (κ2) is 12.6. The van der Waals surface area contributed by atoms with Crippen molar-refractivity contribution in [1.82, 2.24) is 15.8 Å². The van der Waals surface area contributed by atoms with Gasteiger partial charge in [-0.15, -0.1) is 0 Å².